The molecule has 0 aliphatic carbocycles. The van der Waals surface area contributed by atoms with Crippen LogP contribution in [-0.2, 0) is 0 Å². The third-order valence-corrected chi connectivity index (χ3v) is 3.99. The number of aromatic nitrogens is 5. The predicted octanol–water partition coefficient (Wildman–Crippen LogP) is 1.56. The fraction of sp³-hybridized carbons (Fsp3) is 0.0625. The average Bonchev–Trinajstić information content (AvgIpc) is 3.02. The number of fused-ring (bicyclic) bond motifs is 2. The van der Waals surface area contributed by atoms with E-state index in [0.717, 1.165) is 22.1 Å². The van der Waals surface area contributed by atoms with Crippen molar-refractivity contribution in [3.8, 4) is 11.1 Å². The van der Waals surface area contributed by atoms with E-state index in [-0.39, 0.29) is 11.4 Å². The van der Waals surface area contributed by atoms with Crippen LogP contribution in [0.15, 0.2) is 30.6 Å². The zero-order valence-electron chi connectivity index (χ0n) is 12.7. The second-order valence-electron chi connectivity index (χ2n) is 5.51. The van der Waals surface area contributed by atoms with Gasteiger partial charge in [-0.1, -0.05) is 12.1 Å². The maximum atomic E-state index is 11.4. The summed E-state index contributed by atoms with van der Waals surface area (Å²) < 4.78 is 0. The molecule has 0 saturated heterocycles. The molecule has 0 atom stereocenters. The van der Waals surface area contributed by atoms with Crippen LogP contribution >= 0.6 is 0 Å². The zero-order valence-corrected chi connectivity index (χ0v) is 12.7. The van der Waals surface area contributed by atoms with Gasteiger partial charge in [-0.15, -0.1) is 10.2 Å². The molecule has 8 nitrogen and oxygen atoms in total. The minimum Gasteiger partial charge on any atom is -0.396 e. The van der Waals surface area contributed by atoms with Gasteiger partial charge in [-0.25, -0.2) is 4.98 Å². The molecule has 4 aromatic rings. The third-order valence-electron chi connectivity index (χ3n) is 3.99. The predicted molar refractivity (Wildman–Crippen MR) is 90.1 cm³/mol. The molecule has 24 heavy (non-hydrogen) atoms. The smallest absolute Gasteiger partial charge is 0.271 e. The Hall–Kier alpha value is -3.55. The van der Waals surface area contributed by atoms with Gasteiger partial charge in [0.25, 0.3) is 5.91 Å². The fourth-order valence-electron chi connectivity index (χ4n) is 2.81. The number of primary amides is 1. The molecule has 3 heterocycles. The van der Waals surface area contributed by atoms with Crippen molar-refractivity contribution in [1.82, 2.24) is 25.4 Å². The highest BCUT2D eigenvalue weighted by atomic mass is 16.1. The monoisotopic (exact) mass is 319 g/mol. The van der Waals surface area contributed by atoms with E-state index in [1.807, 2.05) is 25.1 Å². The number of aromatic amines is 1. The molecular weight excluding hydrogens is 306 g/mol. The number of carbonyl (C=O) groups excluding carboxylic acids is 1. The van der Waals surface area contributed by atoms with Gasteiger partial charge in [-0.05, 0) is 18.6 Å². The van der Waals surface area contributed by atoms with Gasteiger partial charge < -0.3 is 11.5 Å². The number of hydrogen-bond donors (Lipinski definition) is 3. The van der Waals surface area contributed by atoms with Crippen molar-refractivity contribution in [2.24, 2.45) is 5.73 Å². The van der Waals surface area contributed by atoms with Crippen molar-refractivity contribution in [3.63, 3.8) is 0 Å². The summed E-state index contributed by atoms with van der Waals surface area (Å²) >= 11 is 0. The van der Waals surface area contributed by atoms with E-state index < -0.39 is 5.91 Å². The van der Waals surface area contributed by atoms with Gasteiger partial charge in [0.15, 0.2) is 11.3 Å². The summed E-state index contributed by atoms with van der Waals surface area (Å²) in [7, 11) is 0. The second-order valence-corrected chi connectivity index (χ2v) is 5.51. The normalized spacial score (nSPS) is 11.2. The van der Waals surface area contributed by atoms with Gasteiger partial charge in [0, 0.05) is 28.1 Å². The number of nitrogens with zero attached hydrogens (tertiary/aromatic N) is 4. The maximum Gasteiger partial charge on any atom is 0.271 e. The average molecular weight is 319 g/mol. The maximum absolute atomic E-state index is 11.4. The Morgan fingerprint density at radius 3 is 2.83 bits per heavy atom. The SMILES string of the molecule is Cc1ccc2c(N)c(C(N)=O)nnc2c1-c1cnc2[nH]ncc2c1. The molecule has 118 valence electrons. The Kier molecular flexibility index (Phi) is 2.92. The number of benzene rings is 1. The van der Waals surface area contributed by atoms with Gasteiger partial charge in [0.1, 0.15) is 5.52 Å². The molecule has 0 spiro atoms. The number of H-pyrrole nitrogens is 1. The number of rotatable bonds is 2. The van der Waals surface area contributed by atoms with E-state index in [2.05, 4.69) is 25.4 Å². The molecule has 0 saturated carbocycles. The minimum atomic E-state index is -0.703. The Morgan fingerprint density at radius 1 is 1.21 bits per heavy atom. The second kappa shape index (κ2) is 4.98. The number of pyridine rings is 1. The lowest BCUT2D eigenvalue weighted by Gasteiger charge is -2.11. The first-order chi connectivity index (χ1) is 11.6. The fourth-order valence-corrected chi connectivity index (χ4v) is 2.81. The van der Waals surface area contributed by atoms with Gasteiger partial charge in [-0.3, -0.25) is 9.89 Å². The van der Waals surface area contributed by atoms with Crippen molar-refractivity contribution in [2.75, 3.05) is 5.73 Å². The van der Waals surface area contributed by atoms with E-state index >= 15 is 0 Å². The highest BCUT2D eigenvalue weighted by molar-refractivity contribution is 6.07. The molecule has 0 unspecified atom stereocenters. The van der Waals surface area contributed by atoms with Gasteiger partial charge >= 0.3 is 0 Å². The number of carbonyl (C=O) groups is 1. The van der Waals surface area contributed by atoms with Crippen molar-refractivity contribution >= 4 is 33.5 Å². The van der Waals surface area contributed by atoms with Crippen LogP contribution in [0, 0.1) is 6.92 Å². The quantitative estimate of drug-likeness (QED) is 0.513. The zero-order chi connectivity index (χ0) is 16.8. The molecule has 4 rings (SSSR count). The van der Waals surface area contributed by atoms with E-state index in [1.165, 1.54) is 0 Å². The molecule has 1 amide bonds. The van der Waals surface area contributed by atoms with Crippen molar-refractivity contribution in [1.29, 1.82) is 0 Å². The van der Waals surface area contributed by atoms with E-state index in [1.54, 1.807) is 12.4 Å². The molecule has 1 aromatic carbocycles. The molecule has 5 N–H and O–H groups in total. The summed E-state index contributed by atoms with van der Waals surface area (Å²) in [6, 6.07) is 5.70. The summed E-state index contributed by atoms with van der Waals surface area (Å²) in [5, 5.41) is 16.4. The Morgan fingerprint density at radius 2 is 2.04 bits per heavy atom. The summed E-state index contributed by atoms with van der Waals surface area (Å²) in [6.45, 7) is 1.97. The van der Waals surface area contributed by atoms with Crippen LogP contribution < -0.4 is 11.5 Å². The number of aryl methyl sites for hydroxylation is 1. The lowest BCUT2D eigenvalue weighted by Crippen LogP contribution is -2.16. The molecule has 3 aromatic heterocycles. The van der Waals surface area contributed by atoms with Crippen LogP contribution in [0.4, 0.5) is 5.69 Å². The molecular formula is C16H13N7O. The molecule has 8 heteroatoms. The number of amides is 1. The largest absolute Gasteiger partial charge is 0.396 e. The summed E-state index contributed by atoms with van der Waals surface area (Å²) in [5.41, 5.74) is 15.6. The lowest BCUT2D eigenvalue weighted by atomic mass is 9.97. The summed E-state index contributed by atoms with van der Waals surface area (Å²) in [5.74, 6) is -0.703. The van der Waals surface area contributed by atoms with E-state index in [4.69, 9.17) is 11.5 Å². The van der Waals surface area contributed by atoms with E-state index in [0.29, 0.717) is 16.6 Å². The Bertz CT molecular complexity index is 1120. The van der Waals surface area contributed by atoms with Crippen LogP contribution in [0.2, 0.25) is 0 Å². The van der Waals surface area contributed by atoms with Gasteiger partial charge in [0.05, 0.1) is 11.9 Å². The highest BCUT2D eigenvalue weighted by Gasteiger charge is 2.17. The van der Waals surface area contributed by atoms with Gasteiger partial charge in [0.2, 0.25) is 0 Å². The number of nitrogen functional groups attached to an aromatic ring is 1. The third kappa shape index (κ3) is 1.97. The molecule has 0 aliphatic heterocycles. The van der Waals surface area contributed by atoms with Gasteiger partial charge in [-0.2, -0.15) is 5.10 Å². The van der Waals surface area contributed by atoms with Crippen LogP contribution in [0.25, 0.3) is 33.1 Å². The Labute approximate surface area is 135 Å². The lowest BCUT2D eigenvalue weighted by molar-refractivity contribution is 0.0996. The number of nitrogens with one attached hydrogen (secondary N) is 1. The van der Waals surface area contributed by atoms with Crippen LogP contribution in [0.1, 0.15) is 16.1 Å². The van der Waals surface area contributed by atoms with Crippen LogP contribution in [0.3, 0.4) is 0 Å². The number of nitrogens with two attached hydrogens (primary N) is 2. The standard InChI is InChI=1S/C16H13N7O/c1-7-2-3-10-12(17)14(15(18)24)22-21-13(10)11(7)8-4-9-6-20-23-16(9)19-5-8/h2-6H,1H3,(H2,17,21)(H2,18,24)(H,19,20,23). The number of hydrogen-bond acceptors (Lipinski definition) is 6. The first kappa shape index (κ1) is 14.1. The molecule has 0 fully saturated rings. The minimum absolute atomic E-state index is 0.0271. The highest BCUT2D eigenvalue weighted by Crippen LogP contribution is 2.33. The van der Waals surface area contributed by atoms with E-state index in [9.17, 15) is 4.79 Å². The first-order valence-corrected chi connectivity index (χ1v) is 7.21. The number of anilines is 1. The van der Waals surface area contributed by atoms with Crippen LogP contribution in [-0.4, -0.2) is 31.3 Å². The van der Waals surface area contributed by atoms with Crippen molar-refractivity contribution in [2.45, 2.75) is 6.92 Å². The van der Waals surface area contributed by atoms with Crippen LogP contribution in [0.5, 0.6) is 0 Å². The molecule has 0 bridgehead atoms. The van der Waals surface area contributed by atoms with Crippen molar-refractivity contribution < 1.29 is 4.79 Å². The molecule has 0 radical (unpaired) electrons. The Balaban J connectivity index is 2.05. The molecule has 0 aliphatic rings. The summed E-state index contributed by atoms with van der Waals surface area (Å²) in [4.78, 5) is 15.8. The topological polar surface area (TPSA) is 136 Å². The first-order valence-electron chi connectivity index (χ1n) is 7.21. The summed E-state index contributed by atoms with van der Waals surface area (Å²) in [6.07, 6.45) is 3.44. The van der Waals surface area contributed by atoms with Crippen molar-refractivity contribution in [3.05, 3.63) is 41.9 Å².